The Morgan fingerprint density at radius 3 is 2.39 bits per heavy atom. The Balaban J connectivity index is 1.88. The van der Waals surface area contributed by atoms with Crippen molar-refractivity contribution in [3.8, 4) is 11.5 Å². The van der Waals surface area contributed by atoms with Crippen molar-refractivity contribution in [2.24, 2.45) is 0 Å². The number of benzene rings is 2. The molecule has 2 aromatic rings. The van der Waals surface area contributed by atoms with Gasteiger partial charge in [0.15, 0.2) is 0 Å². The van der Waals surface area contributed by atoms with Crippen LogP contribution in [0.15, 0.2) is 48.5 Å². The number of hydrogen-bond donors (Lipinski definition) is 1. The lowest BCUT2D eigenvalue weighted by Gasteiger charge is -2.38. The molecule has 0 bridgehead atoms. The maximum atomic E-state index is 11.4. The number of rotatable bonds is 1. The van der Waals surface area contributed by atoms with Crippen LogP contribution in [0, 0.1) is 0 Å². The Morgan fingerprint density at radius 2 is 1.61 bits per heavy atom. The third kappa shape index (κ3) is 2.56. The molecule has 0 amide bonds. The predicted molar refractivity (Wildman–Crippen MR) is 92.5 cm³/mol. The van der Waals surface area contributed by atoms with Gasteiger partial charge in [0, 0.05) is 24.2 Å². The second-order valence-electron chi connectivity index (χ2n) is 6.53. The van der Waals surface area contributed by atoms with Crippen LogP contribution >= 0.6 is 0 Å². The number of likely N-dealkylation sites (tertiary alicyclic amines) is 1. The molecule has 23 heavy (non-hydrogen) atoms. The Labute approximate surface area is 136 Å². The average molecular weight is 307 g/mol. The molecule has 0 radical (unpaired) electrons. The summed E-state index contributed by atoms with van der Waals surface area (Å²) in [4.78, 5) is 2.27. The van der Waals surface area contributed by atoms with E-state index in [-0.39, 0.29) is 0 Å². The lowest BCUT2D eigenvalue weighted by Crippen LogP contribution is -2.43. The van der Waals surface area contributed by atoms with E-state index in [4.69, 9.17) is 4.74 Å². The largest absolute Gasteiger partial charge is 0.456 e. The van der Waals surface area contributed by atoms with E-state index in [2.05, 4.69) is 18.0 Å². The molecule has 2 aliphatic heterocycles. The van der Waals surface area contributed by atoms with E-state index in [0.717, 1.165) is 54.1 Å². The van der Waals surface area contributed by atoms with Crippen molar-refractivity contribution in [1.29, 1.82) is 0 Å². The summed E-state index contributed by atoms with van der Waals surface area (Å²) < 4.78 is 6.12. The molecule has 3 nitrogen and oxygen atoms in total. The molecule has 0 unspecified atom stereocenters. The molecule has 0 atom stereocenters. The zero-order chi connectivity index (χ0) is 15.9. The fourth-order valence-corrected chi connectivity index (χ4v) is 3.47. The normalized spacial score (nSPS) is 19.8. The average Bonchev–Trinajstić information content (AvgIpc) is 2.75. The minimum atomic E-state index is -0.802. The molecule has 0 spiro atoms. The summed E-state index contributed by atoms with van der Waals surface area (Å²) in [6.07, 6.45) is 3.59. The maximum absolute atomic E-state index is 11.4. The lowest BCUT2D eigenvalue weighted by molar-refractivity contribution is 0.0358. The summed E-state index contributed by atoms with van der Waals surface area (Å²) in [7, 11) is 2.10. The van der Waals surface area contributed by atoms with Crippen LogP contribution in [0.4, 0.5) is 0 Å². The van der Waals surface area contributed by atoms with Gasteiger partial charge in [-0.3, -0.25) is 0 Å². The summed E-state index contributed by atoms with van der Waals surface area (Å²) in [6, 6.07) is 16.0. The molecule has 3 heteroatoms. The van der Waals surface area contributed by atoms with Gasteiger partial charge in [-0.25, -0.2) is 0 Å². The van der Waals surface area contributed by atoms with Crippen LogP contribution in [-0.2, 0) is 0 Å². The van der Waals surface area contributed by atoms with Crippen molar-refractivity contribution in [1.82, 2.24) is 4.90 Å². The van der Waals surface area contributed by atoms with Gasteiger partial charge in [0.25, 0.3) is 0 Å². The molecule has 0 saturated carbocycles. The van der Waals surface area contributed by atoms with Crippen LogP contribution in [0.25, 0.3) is 11.6 Å². The van der Waals surface area contributed by atoms with Crippen LogP contribution in [0.1, 0.15) is 24.0 Å². The van der Waals surface area contributed by atoms with E-state index in [1.807, 2.05) is 48.5 Å². The van der Waals surface area contributed by atoms with E-state index < -0.39 is 5.60 Å². The monoisotopic (exact) mass is 307 g/mol. The maximum Gasteiger partial charge on any atom is 0.135 e. The topological polar surface area (TPSA) is 32.7 Å². The summed E-state index contributed by atoms with van der Waals surface area (Å²) >= 11 is 0. The number of ether oxygens (including phenoxy) is 1. The number of para-hydroxylation sites is 2. The van der Waals surface area contributed by atoms with Crippen molar-refractivity contribution >= 4 is 11.6 Å². The molecule has 0 aromatic heterocycles. The minimum Gasteiger partial charge on any atom is -0.456 e. The van der Waals surface area contributed by atoms with Crippen LogP contribution < -0.4 is 4.74 Å². The number of aliphatic hydroxyl groups is 1. The second kappa shape index (κ2) is 5.52. The van der Waals surface area contributed by atoms with Crippen LogP contribution in [0.5, 0.6) is 11.5 Å². The van der Waals surface area contributed by atoms with E-state index in [1.54, 1.807) is 0 Å². The molecule has 0 aliphatic carbocycles. The highest BCUT2D eigenvalue weighted by Crippen LogP contribution is 2.45. The Bertz CT molecular complexity index is 758. The third-order valence-electron chi connectivity index (χ3n) is 4.93. The van der Waals surface area contributed by atoms with Gasteiger partial charge in [-0.1, -0.05) is 36.4 Å². The number of piperidine rings is 1. The molecule has 1 fully saturated rings. The van der Waals surface area contributed by atoms with Gasteiger partial charge in [0.05, 0.1) is 5.60 Å². The third-order valence-corrected chi connectivity index (χ3v) is 4.93. The highest BCUT2D eigenvalue weighted by atomic mass is 16.5. The van der Waals surface area contributed by atoms with Crippen LogP contribution in [0.2, 0.25) is 0 Å². The highest BCUT2D eigenvalue weighted by molar-refractivity contribution is 5.90. The standard InChI is InChI=1S/C20H21NO2/c1-21-12-10-20(22,11-13-21)17-14-15-6-2-4-8-18(15)23-19-9-5-3-7-16(17)19/h2-9,14,22H,10-13H2,1H3. The highest BCUT2D eigenvalue weighted by Gasteiger charge is 2.37. The number of nitrogens with zero attached hydrogens (tertiary/aromatic N) is 1. The molecule has 2 heterocycles. The summed E-state index contributed by atoms with van der Waals surface area (Å²) in [5.74, 6) is 1.66. The zero-order valence-electron chi connectivity index (χ0n) is 13.3. The summed E-state index contributed by atoms with van der Waals surface area (Å²) in [5.41, 5.74) is 2.19. The molecular weight excluding hydrogens is 286 g/mol. The Hall–Kier alpha value is -2.10. The van der Waals surface area contributed by atoms with Crippen LogP contribution in [-0.4, -0.2) is 35.7 Å². The van der Waals surface area contributed by atoms with Gasteiger partial charge in [0.2, 0.25) is 0 Å². The SMILES string of the molecule is CN1CCC(O)(C2=Cc3ccccc3Oc3ccccc32)CC1. The van der Waals surface area contributed by atoms with Gasteiger partial charge < -0.3 is 14.7 Å². The predicted octanol–water partition coefficient (Wildman–Crippen LogP) is 3.79. The molecule has 118 valence electrons. The summed E-state index contributed by atoms with van der Waals surface area (Å²) in [5, 5.41) is 11.4. The van der Waals surface area contributed by atoms with Gasteiger partial charge in [0.1, 0.15) is 11.5 Å². The first-order valence-corrected chi connectivity index (χ1v) is 8.15. The number of hydrogen-bond acceptors (Lipinski definition) is 3. The van der Waals surface area contributed by atoms with Crippen molar-refractivity contribution in [3.63, 3.8) is 0 Å². The number of fused-ring (bicyclic) bond motifs is 2. The second-order valence-corrected chi connectivity index (χ2v) is 6.53. The molecule has 1 N–H and O–H groups in total. The van der Waals surface area contributed by atoms with E-state index in [1.165, 1.54) is 0 Å². The van der Waals surface area contributed by atoms with Crippen molar-refractivity contribution < 1.29 is 9.84 Å². The van der Waals surface area contributed by atoms with Gasteiger partial charge in [-0.2, -0.15) is 0 Å². The van der Waals surface area contributed by atoms with Crippen molar-refractivity contribution in [3.05, 3.63) is 59.7 Å². The summed E-state index contributed by atoms with van der Waals surface area (Å²) in [6.45, 7) is 1.80. The molecule has 2 aromatic carbocycles. The minimum absolute atomic E-state index is 0.742. The first kappa shape index (κ1) is 14.5. The van der Waals surface area contributed by atoms with Gasteiger partial charge in [-0.05, 0) is 43.7 Å². The van der Waals surface area contributed by atoms with Crippen molar-refractivity contribution in [2.45, 2.75) is 18.4 Å². The first-order valence-electron chi connectivity index (χ1n) is 8.15. The van der Waals surface area contributed by atoms with E-state index in [0.29, 0.717) is 0 Å². The quantitative estimate of drug-likeness (QED) is 0.870. The fourth-order valence-electron chi connectivity index (χ4n) is 3.47. The molecule has 1 saturated heterocycles. The van der Waals surface area contributed by atoms with E-state index >= 15 is 0 Å². The molecule has 2 aliphatic rings. The molecule has 4 rings (SSSR count). The lowest BCUT2D eigenvalue weighted by atomic mass is 9.79. The van der Waals surface area contributed by atoms with Crippen LogP contribution in [0.3, 0.4) is 0 Å². The zero-order valence-corrected chi connectivity index (χ0v) is 13.3. The Kier molecular flexibility index (Phi) is 3.47. The van der Waals surface area contributed by atoms with Gasteiger partial charge in [-0.15, -0.1) is 0 Å². The fraction of sp³-hybridized carbons (Fsp3) is 0.300. The first-order chi connectivity index (χ1) is 11.2. The van der Waals surface area contributed by atoms with Gasteiger partial charge >= 0.3 is 0 Å². The Morgan fingerprint density at radius 1 is 0.957 bits per heavy atom. The van der Waals surface area contributed by atoms with E-state index in [9.17, 15) is 5.11 Å². The molecular formula is C20H21NO2. The smallest absolute Gasteiger partial charge is 0.135 e. The van der Waals surface area contributed by atoms with Crippen molar-refractivity contribution in [2.75, 3.05) is 20.1 Å².